The first-order valence-corrected chi connectivity index (χ1v) is 12.8. The Morgan fingerprint density at radius 1 is 0.757 bits per heavy atom. The molecule has 0 radical (unpaired) electrons. The highest BCUT2D eigenvalue weighted by Crippen LogP contribution is 2.22. The van der Waals surface area contributed by atoms with Gasteiger partial charge in [-0.1, -0.05) is 91.4 Å². The standard InChI is InChI=1S/C11H13N.2C10H12N2.CH4/c1-8(2)9-3-4-10-6-12-7-11(10)5-9;1-7(2)8-3-4-9-6-11-12-10(9)5-8;1-7(2)10-8-5-3-4-6-9(8)11-12-10;/h3-5,7-8H,6H2,1-2H3;2*3-7H,1-2H3,(H,11,12);1H4. The van der Waals surface area contributed by atoms with E-state index in [4.69, 9.17) is 0 Å². The summed E-state index contributed by atoms with van der Waals surface area (Å²) >= 11 is 0. The molecule has 0 fully saturated rings. The minimum absolute atomic E-state index is 0. The maximum Gasteiger partial charge on any atom is 0.0923 e. The van der Waals surface area contributed by atoms with Gasteiger partial charge in [-0.25, -0.2) is 0 Å². The van der Waals surface area contributed by atoms with Crippen LogP contribution in [-0.2, 0) is 6.54 Å². The SMILES string of the molecule is C.CC(C)c1[nH]nc2ccccc12.CC(C)c1ccc2c(c1)C=NC2.CC(C)c1ccc2cn[nH]c2c1. The number of aliphatic imine (C=N–C) groups is 1. The first-order valence-electron chi connectivity index (χ1n) is 12.8. The monoisotopic (exact) mass is 495 g/mol. The summed E-state index contributed by atoms with van der Waals surface area (Å²) in [5.41, 5.74) is 8.84. The second-order valence-corrected chi connectivity index (χ2v) is 10.3. The molecular formula is C32H41N5. The second-order valence-electron chi connectivity index (χ2n) is 10.3. The molecule has 0 atom stereocenters. The summed E-state index contributed by atoms with van der Waals surface area (Å²) in [6.07, 6.45) is 3.82. The lowest BCUT2D eigenvalue weighted by atomic mass is 9.99. The number of benzene rings is 3. The third-order valence-electron chi connectivity index (χ3n) is 6.53. The van der Waals surface area contributed by atoms with Crippen molar-refractivity contribution in [1.82, 2.24) is 20.4 Å². The Morgan fingerprint density at radius 3 is 2.19 bits per heavy atom. The minimum atomic E-state index is 0. The molecule has 194 valence electrons. The molecule has 0 aliphatic carbocycles. The lowest BCUT2D eigenvalue weighted by molar-refractivity contribution is 0.818. The fourth-order valence-corrected chi connectivity index (χ4v) is 4.21. The zero-order valence-electron chi connectivity index (χ0n) is 22.2. The predicted octanol–water partition coefficient (Wildman–Crippen LogP) is 8.75. The van der Waals surface area contributed by atoms with Gasteiger partial charge in [-0.2, -0.15) is 10.2 Å². The van der Waals surface area contributed by atoms with Crippen LogP contribution >= 0.6 is 0 Å². The number of hydrogen-bond donors (Lipinski definition) is 2. The molecule has 0 saturated carbocycles. The zero-order chi connectivity index (χ0) is 25.7. The normalized spacial score (nSPS) is 11.8. The molecule has 5 aromatic rings. The molecule has 3 heterocycles. The van der Waals surface area contributed by atoms with Crippen molar-refractivity contribution in [3.8, 4) is 0 Å². The number of H-pyrrole nitrogens is 2. The first kappa shape index (κ1) is 27.9. The van der Waals surface area contributed by atoms with Crippen molar-refractivity contribution in [3.05, 3.63) is 94.8 Å². The van der Waals surface area contributed by atoms with E-state index in [1.54, 1.807) is 0 Å². The van der Waals surface area contributed by atoms with E-state index in [0.717, 1.165) is 17.6 Å². The summed E-state index contributed by atoms with van der Waals surface area (Å²) in [5.74, 6) is 1.71. The summed E-state index contributed by atoms with van der Waals surface area (Å²) in [6, 6.07) is 21.2. The molecule has 0 amide bonds. The molecule has 0 bridgehead atoms. The highest BCUT2D eigenvalue weighted by Gasteiger charge is 2.08. The summed E-state index contributed by atoms with van der Waals surface area (Å²) in [7, 11) is 0. The summed E-state index contributed by atoms with van der Waals surface area (Å²) in [6.45, 7) is 14.0. The number of nitrogens with one attached hydrogen (secondary N) is 2. The van der Waals surface area contributed by atoms with Crippen LogP contribution in [0, 0.1) is 0 Å². The third kappa shape index (κ3) is 6.73. The van der Waals surface area contributed by atoms with Gasteiger partial charge in [-0.05, 0) is 58.2 Å². The molecule has 2 N–H and O–H groups in total. The lowest BCUT2D eigenvalue weighted by Gasteiger charge is -2.06. The van der Waals surface area contributed by atoms with Crippen LogP contribution in [0.15, 0.2) is 71.9 Å². The molecule has 37 heavy (non-hydrogen) atoms. The largest absolute Gasteiger partial charge is 0.288 e. The Labute approximate surface area is 221 Å². The van der Waals surface area contributed by atoms with Crippen molar-refractivity contribution >= 4 is 28.0 Å². The Bertz CT molecular complexity index is 1450. The number of para-hydroxylation sites is 1. The van der Waals surface area contributed by atoms with Gasteiger partial charge in [0.2, 0.25) is 0 Å². The fraction of sp³-hybridized carbons (Fsp3) is 0.344. The van der Waals surface area contributed by atoms with Crippen molar-refractivity contribution < 1.29 is 0 Å². The quantitative estimate of drug-likeness (QED) is 0.263. The van der Waals surface area contributed by atoms with Gasteiger partial charge in [0.1, 0.15) is 0 Å². The van der Waals surface area contributed by atoms with E-state index in [2.05, 4.69) is 109 Å². The van der Waals surface area contributed by atoms with Crippen LogP contribution in [0.4, 0.5) is 0 Å². The van der Waals surface area contributed by atoms with Crippen molar-refractivity contribution in [2.75, 3.05) is 0 Å². The number of rotatable bonds is 3. The van der Waals surface area contributed by atoms with E-state index in [-0.39, 0.29) is 7.43 Å². The average Bonchev–Trinajstić information content (AvgIpc) is 3.62. The van der Waals surface area contributed by atoms with Gasteiger partial charge in [0.15, 0.2) is 0 Å². The van der Waals surface area contributed by atoms with E-state index in [9.17, 15) is 0 Å². The van der Waals surface area contributed by atoms with Crippen LogP contribution in [0.3, 0.4) is 0 Å². The number of hydrogen-bond acceptors (Lipinski definition) is 3. The predicted molar refractivity (Wildman–Crippen MR) is 159 cm³/mol. The van der Waals surface area contributed by atoms with E-state index in [1.807, 2.05) is 30.6 Å². The Hall–Kier alpha value is -3.73. The molecule has 0 saturated heterocycles. The fourth-order valence-electron chi connectivity index (χ4n) is 4.21. The smallest absolute Gasteiger partial charge is 0.0923 e. The molecule has 0 unspecified atom stereocenters. The number of aromatic nitrogens is 4. The van der Waals surface area contributed by atoms with E-state index < -0.39 is 0 Å². The maximum atomic E-state index is 4.23. The molecule has 0 spiro atoms. The molecular weight excluding hydrogens is 454 g/mol. The topological polar surface area (TPSA) is 69.7 Å². The van der Waals surface area contributed by atoms with Gasteiger partial charge in [0, 0.05) is 22.7 Å². The van der Waals surface area contributed by atoms with Gasteiger partial charge in [0.25, 0.3) is 0 Å². The summed E-state index contributed by atoms with van der Waals surface area (Å²) < 4.78 is 0. The van der Waals surface area contributed by atoms with Crippen molar-refractivity contribution in [1.29, 1.82) is 0 Å². The number of fused-ring (bicyclic) bond motifs is 3. The maximum absolute atomic E-state index is 4.23. The van der Waals surface area contributed by atoms with Crippen molar-refractivity contribution in [3.63, 3.8) is 0 Å². The highest BCUT2D eigenvalue weighted by molar-refractivity contribution is 5.84. The molecule has 5 heteroatoms. The number of nitrogens with zero attached hydrogens (tertiary/aromatic N) is 3. The van der Waals surface area contributed by atoms with Gasteiger partial charge >= 0.3 is 0 Å². The van der Waals surface area contributed by atoms with Gasteiger partial charge < -0.3 is 0 Å². The lowest BCUT2D eigenvalue weighted by Crippen LogP contribution is -1.91. The van der Waals surface area contributed by atoms with Crippen LogP contribution < -0.4 is 0 Å². The average molecular weight is 496 g/mol. The van der Waals surface area contributed by atoms with E-state index >= 15 is 0 Å². The Kier molecular flexibility index (Phi) is 9.40. The Morgan fingerprint density at radius 2 is 1.46 bits per heavy atom. The number of aromatic amines is 2. The molecule has 1 aliphatic rings. The van der Waals surface area contributed by atoms with Gasteiger partial charge in [0.05, 0.1) is 23.8 Å². The molecule has 5 nitrogen and oxygen atoms in total. The summed E-state index contributed by atoms with van der Waals surface area (Å²) in [4.78, 5) is 4.23. The van der Waals surface area contributed by atoms with Gasteiger partial charge in [-0.15, -0.1) is 0 Å². The third-order valence-corrected chi connectivity index (χ3v) is 6.53. The minimum Gasteiger partial charge on any atom is -0.288 e. The van der Waals surface area contributed by atoms with E-state index in [1.165, 1.54) is 38.7 Å². The first-order chi connectivity index (χ1) is 17.3. The molecule has 6 rings (SSSR count). The van der Waals surface area contributed by atoms with Crippen molar-refractivity contribution in [2.24, 2.45) is 4.99 Å². The van der Waals surface area contributed by atoms with Crippen LogP contribution in [0.1, 0.15) is 94.7 Å². The molecule has 2 aromatic heterocycles. The van der Waals surface area contributed by atoms with Crippen LogP contribution in [0.5, 0.6) is 0 Å². The van der Waals surface area contributed by atoms with Crippen molar-refractivity contribution in [2.45, 2.75) is 73.3 Å². The van der Waals surface area contributed by atoms with Crippen LogP contribution in [-0.4, -0.2) is 26.6 Å². The van der Waals surface area contributed by atoms with Gasteiger partial charge in [-0.3, -0.25) is 15.2 Å². The zero-order valence-corrected chi connectivity index (χ0v) is 22.2. The van der Waals surface area contributed by atoms with Crippen LogP contribution in [0.25, 0.3) is 21.8 Å². The van der Waals surface area contributed by atoms with Crippen LogP contribution in [0.2, 0.25) is 0 Å². The molecule has 1 aliphatic heterocycles. The Balaban J connectivity index is 0.000000152. The second kappa shape index (κ2) is 12.5. The van der Waals surface area contributed by atoms with E-state index in [0.29, 0.717) is 17.8 Å². The summed E-state index contributed by atoms with van der Waals surface area (Å²) in [5, 5.41) is 16.6. The highest BCUT2D eigenvalue weighted by atomic mass is 15.1. The molecule has 3 aromatic carbocycles.